The van der Waals surface area contributed by atoms with Crippen LogP contribution in [-0.2, 0) is 0 Å². The molecule has 0 aliphatic carbocycles. The molecule has 0 saturated heterocycles. The number of hydrogen-bond acceptors (Lipinski definition) is 4. The van der Waals surface area contributed by atoms with Gasteiger partial charge in [-0.1, -0.05) is 0 Å². The molecule has 4 heteroatoms. The molecule has 0 atom stereocenters. The molecule has 1 heterocycles. The minimum atomic E-state index is 0.727. The topological polar surface area (TPSA) is 54.0 Å². The summed E-state index contributed by atoms with van der Waals surface area (Å²) in [6.07, 6.45) is 3.52. The first kappa shape index (κ1) is 10.8. The third-order valence-electron chi connectivity index (χ3n) is 2.10. The van der Waals surface area contributed by atoms with Crippen molar-refractivity contribution in [2.24, 2.45) is 15.7 Å². The maximum absolute atomic E-state index is 5.89. The van der Waals surface area contributed by atoms with E-state index >= 15 is 0 Å². The number of allylic oxidation sites excluding steroid dienone is 1. The van der Waals surface area contributed by atoms with Gasteiger partial charge in [-0.3, -0.25) is 9.98 Å². The summed E-state index contributed by atoms with van der Waals surface area (Å²) in [5.41, 5.74) is 7.98. The van der Waals surface area contributed by atoms with Gasteiger partial charge in [-0.15, -0.1) is 0 Å². The second-order valence-corrected chi connectivity index (χ2v) is 3.46. The normalized spacial score (nSPS) is 22.6. The molecule has 0 aromatic heterocycles. The van der Waals surface area contributed by atoms with Crippen molar-refractivity contribution in [1.82, 2.24) is 4.90 Å². The molecule has 0 radical (unpaired) electrons. The lowest BCUT2D eigenvalue weighted by molar-refractivity contribution is 0.496. The van der Waals surface area contributed by atoms with Crippen molar-refractivity contribution in [2.45, 2.75) is 19.8 Å². The summed E-state index contributed by atoms with van der Waals surface area (Å²) >= 11 is 0. The van der Waals surface area contributed by atoms with Crippen LogP contribution in [0.5, 0.6) is 0 Å². The molecule has 0 saturated carbocycles. The zero-order chi connectivity index (χ0) is 10.6. The van der Waals surface area contributed by atoms with E-state index in [1.807, 2.05) is 32.1 Å². The van der Waals surface area contributed by atoms with E-state index in [0.29, 0.717) is 0 Å². The first-order valence-electron chi connectivity index (χ1n) is 4.85. The molecule has 0 aromatic carbocycles. The van der Waals surface area contributed by atoms with Crippen LogP contribution in [0.25, 0.3) is 0 Å². The Balaban J connectivity index is 2.84. The van der Waals surface area contributed by atoms with Crippen molar-refractivity contribution in [3.63, 3.8) is 0 Å². The van der Waals surface area contributed by atoms with Crippen LogP contribution in [-0.4, -0.2) is 37.5 Å². The lowest BCUT2D eigenvalue weighted by Gasteiger charge is -2.18. The quantitative estimate of drug-likeness (QED) is 0.713. The molecule has 0 bridgehead atoms. The summed E-state index contributed by atoms with van der Waals surface area (Å²) in [6, 6.07) is 0. The van der Waals surface area contributed by atoms with Gasteiger partial charge in [0, 0.05) is 45.4 Å². The van der Waals surface area contributed by atoms with Gasteiger partial charge in [-0.05, 0) is 6.92 Å². The van der Waals surface area contributed by atoms with Gasteiger partial charge >= 0.3 is 0 Å². The molecule has 1 rings (SSSR count). The Morgan fingerprint density at radius 2 is 2.36 bits per heavy atom. The second kappa shape index (κ2) is 4.79. The SMILES string of the molecule is CCN=C1CC=N/C(=C(\N)N(C)C)C1. The van der Waals surface area contributed by atoms with Crippen molar-refractivity contribution in [3.8, 4) is 0 Å². The van der Waals surface area contributed by atoms with Gasteiger partial charge in [0.2, 0.25) is 0 Å². The van der Waals surface area contributed by atoms with Crippen LogP contribution in [0, 0.1) is 0 Å². The third kappa shape index (κ3) is 2.58. The molecule has 4 nitrogen and oxygen atoms in total. The molecule has 1 aliphatic rings. The van der Waals surface area contributed by atoms with Crippen molar-refractivity contribution in [2.75, 3.05) is 20.6 Å². The number of nitrogens with zero attached hydrogens (tertiary/aromatic N) is 3. The van der Waals surface area contributed by atoms with Crippen LogP contribution in [0.15, 0.2) is 21.5 Å². The summed E-state index contributed by atoms with van der Waals surface area (Å²) in [5, 5.41) is 0. The standard InChI is InChI=1S/C10H18N4/c1-4-12-8-5-6-13-9(7-8)10(11)14(2)3/h6H,4-5,7,11H2,1-3H3/b10-9+,12-8?. The monoisotopic (exact) mass is 194 g/mol. The predicted octanol–water partition coefficient (Wildman–Crippen LogP) is 1.00. The number of nitrogens with two attached hydrogens (primary N) is 1. The third-order valence-corrected chi connectivity index (χ3v) is 2.10. The summed E-state index contributed by atoms with van der Waals surface area (Å²) in [6.45, 7) is 2.87. The van der Waals surface area contributed by atoms with E-state index in [-0.39, 0.29) is 0 Å². The fourth-order valence-electron chi connectivity index (χ4n) is 1.33. The van der Waals surface area contributed by atoms with Crippen LogP contribution >= 0.6 is 0 Å². The van der Waals surface area contributed by atoms with Crippen LogP contribution in [0.1, 0.15) is 19.8 Å². The van der Waals surface area contributed by atoms with Crippen LogP contribution in [0.3, 0.4) is 0 Å². The summed E-state index contributed by atoms with van der Waals surface area (Å²) in [5.74, 6) is 0.727. The Morgan fingerprint density at radius 1 is 1.64 bits per heavy atom. The molecule has 0 unspecified atom stereocenters. The van der Waals surface area contributed by atoms with Gasteiger partial charge in [0.25, 0.3) is 0 Å². The van der Waals surface area contributed by atoms with Crippen molar-refractivity contribution < 1.29 is 0 Å². The summed E-state index contributed by atoms with van der Waals surface area (Å²) in [7, 11) is 3.84. The Bertz CT molecular complexity index is 286. The summed E-state index contributed by atoms with van der Waals surface area (Å²) in [4.78, 5) is 10.6. The Hall–Kier alpha value is -1.32. The molecule has 0 amide bonds. The average Bonchev–Trinajstić information content (AvgIpc) is 2.17. The molecular weight excluding hydrogens is 176 g/mol. The largest absolute Gasteiger partial charge is 0.384 e. The Kier molecular flexibility index (Phi) is 3.68. The van der Waals surface area contributed by atoms with E-state index in [2.05, 4.69) is 9.98 Å². The Morgan fingerprint density at radius 3 is 2.93 bits per heavy atom. The smallest absolute Gasteiger partial charge is 0.121 e. The van der Waals surface area contributed by atoms with Gasteiger partial charge in [0.1, 0.15) is 5.82 Å². The maximum Gasteiger partial charge on any atom is 0.121 e. The van der Waals surface area contributed by atoms with E-state index < -0.39 is 0 Å². The number of hydrogen-bond donors (Lipinski definition) is 1. The van der Waals surface area contributed by atoms with E-state index in [1.165, 1.54) is 5.71 Å². The van der Waals surface area contributed by atoms with Gasteiger partial charge in [0.15, 0.2) is 0 Å². The average molecular weight is 194 g/mol. The van der Waals surface area contributed by atoms with Gasteiger partial charge in [-0.25, -0.2) is 0 Å². The van der Waals surface area contributed by atoms with Gasteiger partial charge < -0.3 is 10.6 Å². The number of rotatable bonds is 2. The lowest BCUT2D eigenvalue weighted by Crippen LogP contribution is -2.22. The van der Waals surface area contributed by atoms with E-state index in [0.717, 1.165) is 30.9 Å². The van der Waals surface area contributed by atoms with E-state index in [1.54, 1.807) is 0 Å². The second-order valence-electron chi connectivity index (χ2n) is 3.46. The highest BCUT2D eigenvalue weighted by molar-refractivity contribution is 5.99. The molecule has 0 aromatic rings. The zero-order valence-electron chi connectivity index (χ0n) is 9.12. The predicted molar refractivity (Wildman–Crippen MR) is 60.6 cm³/mol. The molecule has 2 N–H and O–H groups in total. The van der Waals surface area contributed by atoms with E-state index in [9.17, 15) is 0 Å². The fraction of sp³-hybridized carbons (Fsp3) is 0.600. The Labute approximate surface area is 85.2 Å². The van der Waals surface area contributed by atoms with Crippen molar-refractivity contribution in [3.05, 3.63) is 11.5 Å². The highest BCUT2D eigenvalue weighted by atomic mass is 15.2. The van der Waals surface area contributed by atoms with Gasteiger partial charge in [-0.2, -0.15) is 0 Å². The first-order valence-corrected chi connectivity index (χ1v) is 4.85. The minimum Gasteiger partial charge on any atom is -0.384 e. The first-order chi connectivity index (χ1) is 6.65. The fourth-order valence-corrected chi connectivity index (χ4v) is 1.33. The molecule has 0 fully saturated rings. The van der Waals surface area contributed by atoms with Crippen molar-refractivity contribution in [1.29, 1.82) is 0 Å². The minimum absolute atomic E-state index is 0.727. The van der Waals surface area contributed by atoms with Gasteiger partial charge in [0.05, 0.1) is 5.70 Å². The lowest BCUT2D eigenvalue weighted by atomic mass is 10.1. The van der Waals surface area contributed by atoms with Crippen LogP contribution in [0.4, 0.5) is 0 Å². The summed E-state index contributed by atoms with van der Waals surface area (Å²) < 4.78 is 0. The highest BCUT2D eigenvalue weighted by Gasteiger charge is 2.11. The van der Waals surface area contributed by atoms with Crippen molar-refractivity contribution >= 4 is 11.9 Å². The molecular formula is C10H18N4. The number of aliphatic imine (C=N–C) groups is 2. The zero-order valence-corrected chi connectivity index (χ0v) is 9.12. The van der Waals surface area contributed by atoms with Crippen LogP contribution < -0.4 is 5.73 Å². The van der Waals surface area contributed by atoms with E-state index in [4.69, 9.17) is 5.73 Å². The van der Waals surface area contributed by atoms with Crippen LogP contribution in [0.2, 0.25) is 0 Å². The maximum atomic E-state index is 5.89. The molecule has 14 heavy (non-hydrogen) atoms. The molecule has 0 spiro atoms. The molecule has 78 valence electrons. The highest BCUT2D eigenvalue weighted by Crippen LogP contribution is 2.15. The molecule has 1 aliphatic heterocycles.